The van der Waals surface area contributed by atoms with Crippen LogP contribution in [0.4, 0.5) is 0 Å². The Bertz CT molecular complexity index is 868. The van der Waals surface area contributed by atoms with Crippen LogP contribution in [0.5, 0.6) is 0 Å². The first-order chi connectivity index (χ1) is 12.1. The predicted molar refractivity (Wildman–Crippen MR) is 97.9 cm³/mol. The lowest BCUT2D eigenvalue weighted by molar-refractivity contribution is 0.0651. The molecule has 0 bridgehead atoms. The van der Waals surface area contributed by atoms with Gasteiger partial charge in [0.05, 0.1) is 11.1 Å². The molecule has 0 spiro atoms. The van der Waals surface area contributed by atoms with E-state index in [-0.39, 0.29) is 11.1 Å². The topological polar surface area (TPSA) is 74.6 Å². The number of benzene rings is 3. The third kappa shape index (κ3) is 3.51. The van der Waals surface area contributed by atoms with Gasteiger partial charge in [-0.1, -0.05) is 77.1 Å². The highest BCUT2D eigenvalue weighted by atomic mass is 28.3. The second-order valence-electron chi connectivity index (χ2n) is 5.48. The highest BCUT2D eigenvalue weighted by molar-refractivity contribution is 6.95. The van der Waals surface area contributed by atoms with Crippen LogP contribution in [0.15, 0.2) is 78.9 Å². The second kappa shape index (κ2) is 7.15. The first kappa shape index (κ1) is 16.7. The third-order valence-corrected chi connectivity index (χ3v) is 6.60. The predicted octanol–water partition coefficient (Wildman–Crippen LogP) is 1.60. The molecular weight excluding hydrogens is 332 g/mol. The quantitative estimate of drug-likeness (QED) is 0.543. The van der Waals surface area contributed by atoms with Crippen LogP contribution in [0, 0.1) is 0 Å². The van der Waals surface area contributed by atoms with E-state index in [1.54, 1.807) is 6.07 Å². The summed E-state index contributed by atoms with van der Waals surface area (Å²) in [6.45, 7) is 0. The molecule has 25 heavy (non-hydrogen) atoms. The minimum atomic E-state index is -1.43. The molecule has 0 fully saturated rings. The largest absolute Gasteiger partial charge is 0.478 e. The van der Waals surface area contributed by atoms with E-state index >= 15 is 0 Å². The Kier molecular flexibility index (Phi) is 4.77. The van der Waals surface area contributed by atoms with Crippen molar-refractivity contribution >= 4 is 36.3 Å². The van der Waals surface area contributed by atoms with Gasteiger partial charge in [0, 0.05) is 0 Å². The van der Waals surface area contributed by atoms with Crippen molar-refractivity contribution in [2.45, 2.75) is 0 Å². The number of carbonyl (C=O) groups is 2. The van der Waals surface area contributed by atoms with Crippen molar-refractivity contribution in [1.82, 2.24) is 0 Å². The van der Waals surface area contributed by atoms with Crippen LogP contribution in [-0.4, -0.2) is 30.9 Å². The number of hydrogen-bond acceptors (Lipinski definition) is 2. The normalized spacial score (nSPS) is 10.6. The fourth-order valence-corrected chi connectivity index (χ4v) is 5.36. The third-order valence-electron chi connectivity index (χ3n) is 3.89. The summed E-state index contributed by atoms with van der Waals surface area (Å²) in [4.78, 5) is 22.8. The van der Waals surface area contributed by atoms with Crippen molar-refractivity contribution < 1.29 is 19.8 Å². The van der Waals surface area contributed by atoms with Crippen LogP contribution in [0.3, 0.4) is 0 Å². The first-order valence-electron chi connectivity index (χ1n) is 7.66. The summed E-state index contributed by atoms with van der Waals surface area (Å²) in [6, 6.07) is 24.4. The monoisotopic (exact) mass is 347 g/mol. The fourth-order valence-electron chi connectivity index (χ4n) is 2.77. The number of aromatic carboxylic acids is 2. The standard InChI is InChI=1S/C20H15O4Si/c21-19(22)17-12-11-16(13-18(17)20(23)24)25(14-7-3-1-4-8-14)15-9-5-2-6-10-15/h1-13H,(H,21,22)(H,23,24). The molecule has 5 heteroatoms. The lowest BCUT2D eigenvalue weighted by Gasteiger charge is -2.17. The van der Waals surface area contributed by atoms with Gasteiger partial charge in [-0.05, 0) is 17.3 Å². The maximum absolute atomic E-state index is 11.5. The zero-order chi connectivity index (χ0) is 17.8. The number of rotatable bonds is 5. The van der Waals surface area contributed by atoms with Gasteiger partial charge in [-0.15, -0.1) is 0 Å². The van der Waals surface area contributed by atoms with Gasteiger partial charge in [-0.3, -0.25) is 0 Å². The van der Waals surface area contributed by atoms with Gasteiger partial charge in [-0.2, -0.15) is 0 Å². The van der Waals surface area contributed by atoms with Crippen LogP contribution in [0.25, 0.3) is 0 Å². The molecule has 1 radical (unpaired) electrons. The van der Waals surface area contributed by atoms with E-state index in [2.05, 4.69) is 0 Å². The molecule has 0 heterocycles. The molecule has 3 rings (SSSR count). The average Bonchev–Trinajstić information content (AvgIpc) is 2.63. The highest BCUT2D eigenvalue weighted by Gasteiger charge is 2.23. The van der Waals surface area contributed by atoms with E-state index in [0.29, 0.717) is 0 Å². The Morgan fingerprint density at radius 3 is 1.52 bits per heavy atom. The minimum absolute atomic E-state index is 0.181. The van der Waals surface area contributed by atoms with Gasteiger partial charge in [0.2, 0.25) is 0 Å². The van der Waals surface area contributed by atoms with Crippen LogP contribution in [0.2, 0.25) is 0 Å². The number of hydrogen-bond donors (Lipinski definition) is 2. The second-order valence-corrected chi connectivity index (χ2v) is 7.96. The van der Waals surface area contributed by atoms with E-state index in [4.69, 9.17) is 0 Å². The number of carboxylic acids is 2. The number of carboxylic acid groups (broad SMARTS) is 2. The summed E-state index contributed by atoms with van der Waals surface area (Å²) in [7, 11) is -1.43. The maximum Gasteiger partial charge on any atom is 0.336 e. The Hall–Kier alpha value is -3.18. The Balaban J connectivity index is 2.19. The smallest absolute Gasteiger partial charge is 0.336 e. The summed E-state index contributed by atoms with van der Waals surface area (Å²) in [5.41, 5.74) is -0.377. The minimum Gasteiger partial charge on any atom is -0.478 e. The summed E-state index contributed by atoms with van der Waals surface area (Å²) >= 11 is 0. The molecular formula is C20H15O4Si. The molecule has 0 saturated carbocycles. The lowest BCUT2D eigenvalue weighted by atomic mass is 10.1. The Morgan fingerprint density at radius 1 is 0.600 bits per heavy atom. The van der Waals surface area contributed by atoms with Gasteiger partial charge in [0.1, 0.15) is 0 Å². The molecule has 123 valence electrons. The molecule has 0 aromatic heterocycles. The van der Waals surface area contributed by atoms with Gasteiger partial charge >= 0.3 is 11.9 Å². The van der Waals surface area contributed by atoms with Crippen molar-refractivity contribution in [1.29, 1.82) is 0 Å². The highest BCUT2D eigenvalue weighted by Crippen LogP contribution is 2.09. The summed E-state index contributed by atoms with van der Waals surface area (Å²) in [6.07, 6.45) is 0. The zero-order valence-electron chi connectivity index (χ0n) is 13.2. The summed E-state index contributed by atoms with van der Waals surface area (Å²) in [5.74, 6) is -2.47. The summed E-state index contributed by atoms with van der Waals surface area (Å²) in [5, 5.41) is 21.7. The zero-order valence-corrected chi connectivity index (χ0v) is 14.2. The molecule has 3 aromatic carbocycles. The molecule has 0 aliphatic rings. The van der Waals surface area contributed by atoms with Crippen molar-refractivity contribution in [3.05, 3.63) is 90.0 Å². The van der Waals surface area contributed by atoms with E-state index in [9.17, 15) is 19.8 Å². The summed E-state index contributed by atoms with van der Waals surface area (Å²) < 4.78 is 0. The average molecular weight is 347 g/mol. The van der Waals surface area contributed by atoms with E-state index < -0.39 is 20.7 Å². The van der Waals surface area contributed by atoms with Crippen LogP contribution in [0.1, 0.15) is 20.7 Å². The molecule has 3 aromatic rings. The van der Waals surface area contributed by atoms with Crippen molar-refractivity contribution in [2.75, 3.05) is 0 Å². The van der Waals surface area contributed by atoms with E-state index in [1.165, 1.54) is 12.1 Å². The maximum atomic E-state index is 11.5. The van der Waals surface area contributed by atoms with Crippen LogP contribution < -0.4 is 15.6 Å². The molecule has 0 amide bonds. The van der Waals surface area contributed by atoms with Gasteiger partial charge in [-0.25, -0.2) is 9.59 Å². The molecule has 4 nitrogen and oxygen atoms in total. The van der Waals surface area contributed by atoms with E-state index in [1.807, 2.05) is 60.7 Å². The molecule has 0 atom stereocenters. The fraction of sp³-hybridized carbons (Fsp3) is 0. The van der Waals surface area contributed by atoms with Gasteiger partial charge in [0.25, 0.3) is 0 Å². The van der Waals surface area contributed by atoms with Crippen molar-refractivity contribution in [2.24, 2.45) is 0 Å². The molecule has 0 unspecified atom stereocenters. The molecule has 0 aliphatic heterocycles. The van der Waals surface area contributed by atoms with Crippen LogP contribution >= 0.6 is 0 Å². The Morgan fingerprint density at radius 2 is 1.08 bits per heavy atom. The van der Waals surface area contributed by atoms with Crippen LogP contribution in [-0.2, 0) is 0 Å². The van der Waals surface area contributed by atoms with Crippen molar-refractivity contribution in [3.8, 4) is 0 Å². The molecule has 0 aliphatic carbocycles. The van der Waals surface area contributed by atoms with Gasteiger partial charge in [0.15, 0.2) is 8.80 Å². The first-order valence-corrected chi connectivity index (χ1v) is 9.16. The SMILES string of the molecule is O=C(O)c1ccc([Si](c2ccccc2)c2ccccc2)cc1C(=O)O. The Labute approximate surface area is 146 Å². The van der Waals surface area contributed by atoms with E-state index in [0.717, 1.165) is 15.6 Å². The lowest BCUT2D eigenvalue weighted by Crippen LogP contribution is -2.52. The van der Waals surface area contributed by atoms with Crippen molar-refractivity contribution in [3.63, 3.8) is 0 Å². The van der Waals surface area contributed by atoms with Gasteiger partial charge < -0.3 is 10.2 Å². The molecule has 0 saturated heterocycles. The molecule has 2 N–H and O–H groups in total.